The van der Waals surface area contributed by atoms with Gasteiger partial charge in [0.25, 0.3) is 0 Å². The molecule has 3 rings (SSSR count). The summed E-state index contributed by atoms with van der Waals surface area (Å²) in [6.07, 6.45) is 0. The van der Waals surface area contributed by atoms with Crippen LogP contribution in [0.1, 0.15) is 22.5 Å². The Kier molecular flexibility index (Phi) is 4.11. The molecule has 0 bridgehead atoms. The largest absolute Gasteiger partial charge is 0.318 e. The number of benzene rings is 2. The molecule has 1 aromatic heterocycles. The first kappa shape index (κ1) is 15.1. The molecule has 0 saturated heterocycles. The van der Waals surface area contributed by atoms with Gasteiger partial charge in [0.15, 0.2) is 11.4 Å². The molecule has 4 nitrogen and oxygen atoms in total. The molecule has 0 atom stereocenters. The van der Waals surface area contributed by atoms with Gasteiger partial charge in [0.05, 0.1) is 0 Å². The third-order valence-electron chi connectivity index (χ3n) is 3.57. The Balaban J connectivity index is 1.92. The summed E-state index contributed by atoms with van der Waals surface area (Å²) < 4.78 is 1.63. The molecular formula is C20H12N4. The number of hydrogen-bond donors (Lipinski definition) is 0. The zero-order chi connectivity index (χ0) is 16.9. The number of rotatable bonds is 1. The van der Waals surface area contributed by atoms with Gasteiger partial charge in [-0.05, 0) is 24.3 Å². The summed E-state index contributed by atoms with van der Waals surface area (Å²) in [5.41, 5.74) is 3.09. The number of nitriles is 2. The minimum atomic E-state index is 0.142. The topological polar surface area (TPSA) is 65.4 Å². The SMILES string of the molecule is Cn1c(-c2ccc(C#Cc3ccccc3)cc2)nc(C#N)c1C#N. The van der Waals surface area contributed by atoms with Gasteiger partial charge in [-0.1, -0.05) is 42.2 Å². The second-order valence-corrected chi connectivity index (χ2v) is 5.11. The van der Waals surface area contributed by atoms with Crippen molar-refractivity contribution in [3.05, 3.63) is 77.1 Å². The predicted octanol–water partition coefficient (Wildman–Crippen LogP) is 3.23. The molecular weight excluding hydrogens is 296 g/mol. The molecule has 0 saturated carbocycles. The third-order valence-corrected chi connectivity index (χ3v) is 3.57. The van der Waals surface area contributed by atoms with Crippen molar-refractivity contribution >= 4 is 0 Å². The van der Waals surface area contributed by atoms with E-state index < -0.39 is 0 Å². The molecule has 0 unspecified atom stereocenters. The monoisotopic (exact) mass is 308 g/mol. The highest BCUT2D eigenvalue weighted by molar-refractivity contribution is 5.61. The summed E-state index contributed by atoms with van der Waals surface area (Å²) in [7, 11) is 1.73. The number of imidazole rings is 1. The maximum atomic E-state index is 9.13. The van der Waals surface area contributed by atoms with Gasteiger partial charge in [0, 0.05) is 23.7 Å². The Morgan fingerprint density at radius 1 is 0.833 bits per heavy atom. The van der Waals surface area contributed by atoms with Gasteiger partial charge in [-0.15, -0.1) is 0 Å². The van der Waals surface area contributed by atoms with Gasteiger partial charge in [-0.25, -0.2) is 4.98 Å². The summed E-state index contributed by atoms with van der Waals surface area (Å²) in [5, 5.41) is 18.2. The lowest BCUT2D eigenvalue weighted by Crippen LogP contribution is -1.95. The third kappa shape index (κ3) is 2.88. The first-order chi connectivity index (χ1) is 11.7. The molecule has 1 heterocycles. The van der Waals surface area contributed by atoms with Crippen molar-refractivity contribution in [3.63, 3.8) is 0 Å². The molecule has 2 aromatic carbocycles. The Bertz CT molecular complexity index is 1020. The molecule has 0 fully saturated rings. The molecule has 0 aliphatic heterocycles. The summed E-state index contributed by atoms with van der Waals surface area (Å²) in [5.74, 6) is 6.81. The molecule has 0 N–H and O–H groups in total. The Labute approximate surface area is 140 Å². The summed E-state index contributed by atoms with van der Waals surface area (Å²) in [6.45, 7) is 0. The maximum Gasteiger partial charge on any atom is 0.177 e. The Morgan fingerprint density at radius 2 is 1.46 bits per heavy atom. The van der Waals surface area contributed by atoms with Crippen LogP contribution in [0.15, 0.2) is 54.6 Å². The lowest BCUT2D eigenvalue weighted by molar-refractivity contribution is 0.907. The van der Waals surface area contributed by atoms with Crippen LogP contribution in [-0.4, -0.2) is 9.55 Å². The lowest BCUT2D eigenvalue weighted by Gasteiger charge is -2.02. The second-order valence-electron chi connectivity index (χ2n) is 5.11. The predicted molar refractivity (Wildman–Crippen MR) is 90.5 cm³/mol. The van der Waals surface area contributed by atoms with Crippen LogP contribution >= 0.6 is 0 Å². The van der Waals surface area contributed by atoms with E-state index in [1.54, 1.807) is 11.6 Å². The van der Waals surface area contributed by atoms with Crippen molar-refractivity contribution in [1.29, 1.82) is 10.5 Å². The minimum Gasteiger partial charge on any atom is -0.318 e. The molecule has 4 heteroatoms. The first-order valence-corrected chi connectivity index (χ1v) is 7.27. The zero-order valence-corrected chi connectivity index (χ0v) is 13.0. The molecule has 0 aliphatic carbocycles. The van der Waals surface area contributed by atoms with Crippen molar-refractivity contribution in [3.8, 4) is 35.4 Å². The first-order valence-electron chi connectivity index (χ1n) is 7.27. The van der Waals surface area contributed by atoms with Gasteiger partial charge in [0.1, 0.15) is 18.0 Å². The van der Waals surface area contributed by atoms with E-state index in [1.807, 2.05) is 66.7 Å². The van der Waals surface area contributed by atoms with Crippen LogP contribution < -0.4 is 0 Å². The standard InChI is InChI=1S/C20H12N4/c1-24-19(14-22)18(13-21)23-20(24)17-11-9-16(10-12-17)8-7-15-5-3-2-4-6-15/h2-6,9-12H,1H3. The average Bonchev–Trinajstić information content (AvgIpc) is 2.97. The molecule has 24 heavy (non-hydrogen) atoms. The minimum absolute atomic E-state index is 0.142. The van der Waals surface area contributed by atoms with Crippen molar-refractivity contribution in [1.82, 2.24) is 9.55 Å². The number of hydrogen-bond acceptors (Lipinski definition) is 3. The molecule has 3 aromatic rings. The van der Waals surface area contributed by atoms with Crippen LogP contribution in [0.4, 0.5) is 0 Å². The van der Waals surface area contributed by atoms with Crippen molar-refractivity contribution < 1.29 is 0 Å². The van der Waals surface area contributed by atoms with Crippen molar-refractivity contribution in [2.45, 2.75) is 0 Å². The number of nitrogens with zero attached hydrogens (tertiary/aromatic N) is 4. The Morgan fingerprint density at radius 3 is 2.00 bits per heavy atom. The van der Waals surface area contributed by atoms with Crippen LogP contribution in [0.5, 0.6) is 0 Å². The molecule has 0 aliphatic rings. The highest BCUT2D eigenvalue weighted by Crippen LogP contribution is 2.21. The van der Waals surface area contributed by atoms with E-state index in [9.17, 15) is 0 Å². The fraction of sp³-hybridized carbons (Fsp3) is 0.0500. The van der Waals surface area contributed by atoms with E-state index in [1.165, 1.54) is 0 Å². The van der Waals surface area contributed by atoms with Gasteiger partial charge >= 0.3 is 0 Å². The van der Waals surface area contributed by atoms with Crippen LogP contribution in [0.25, 0.3) is 11.4 Å². The van der Waals surface area contributed by atoms with E-state index >= 15 is 0 Å². The second kappa shape index (κ2) is 6.53. The van der Waals surface area contributed by atoms with E-state index in [-0.39, 0.29) is 11.4 Å². The smallest absolute Gasteiger partial charge is 0.177 e. The Hall–Kier alpha value is -3.81. The van der Waals surface area contributed by atoms with E-state index in [2.05, 4.69) is 16.8 Å². The van der Waals surface area contributed by atoms with Crippen molar-refractivity contribution in [2.24, 2.45) is 7.05 Å². The molecule has 0 spiro atoms. The highest BCUT2D eigenvalue weighted by Gasteiger charge is 2.15. The fourth-order valence-corrected chi connectivity index (χ4v) is 2.33. The van der Waals surface area contributed by atoms with E-state index in [4.69, 9.17) is 10.5 Å². The zero-order valence-electron chi connectivity index (χ0n) is 13.0. The van der Waals surface area contributed by atoms with E-state index in [0.29, 0.717) is 5.82 Å². The van der Waals surface area contributed by atoms with E-state index in [0.717, 1.165) is 16.7 Å². The quantitative estimate of drug-likeness (QED) is 0.648. The molecule has 112 valence electrons. The normalized spacial score (nSPS) is 9.46. The summed E-state index contributed by atoms with van der Waals surface area (Å²) in [6, 6.07) is 21.3. The van der Waals surface area contributed by atoms with Crippen molar-refractivity contribution in [2.75, 3.05) is 0 Å². The fourth-order valence-electron chi connectivity index (χ4n) is 2.33. The number of aromatic nitrogens is 2. The van der Waals surface area contributed by atoms with Gasteiger partial charge in [-0.3, -0.25) is 0 Å². The van der Waals surface area contributed by atoms with Crippen LogP contribution in [-0.2, 0) is 7.05 Å². The molecule has 0 amide bonds. The molecule has 0 radical (unpaired) electrons. The maximum absolute atomic E-state index is 9.13. The summed E-state index contributed by atoms with van der Waals surface area (Å²) >= 11 is 0. The van der Waals surface area contributed by atoms with Gasteiger partial charge in [-0.2, -0.15) is 10.5 Å². The van der Waals surface area contributed by atoms with Gasteiger partial charge in [0.2, 0.25) is 0 Å². The van der Waals surface area contributed by atoms with Crippen LogP contribution in [0.2, 0.25) is 0 Å². The van der Waals surface area contributed by atoms with Gasteiger partial charge < -0.3 is 4.57 Å². The highest BCUT2D eigenvalue weighted by atomic mass is 15.1. The summed E-state index contributed by atoms with van der Waals surface area (Å²) in [4.78, 5) is 4.24. The van der Waals surface area contributed by atoms with Crippen LogP contribution in [0.3, 0.4) is 0 Å². The lowest BCUT2D eigenvalue weighted by atomic mass is 10.1. The van der Waals surface area contributed by atoms with Crippen LogP contribution in [0, 0.1) is 34.5 Å². The average molecular weight is 308 g/mol.